The number of rotatable bonds is 5. The van der Waals surface area contributed by atoms with Crippen LogP contribution in [0.25, 0.3) is 22.4 Å². The highest BCUT2D eigenvalue weighted by atomic mass is 16.5. The standard InChI is InChI=1S/C21H27N7O3.C3H6/c1-4-9-31-16-6-5-14(23-21(22)28-7-10-30-11-8-28)12-15(16)19-24-17-13(2)26-27(3)18(17)20(29)25-19;1-3-2/h5-6,12H,4,7-11H2,1-3H3,(H2,22,23)(H,24,25,29);3H,1H2,2H3. The molecule has 0 amide bonds. The number of fused-ring (bicyclic) bond motifs is 1. The molecule has 1 aliphatic rings. The predicted molar refractivity (Wildman–Crippen MR) is 135 cm³/mol. The van der Waals surface area contributed by atoms with Crippen molar-refractivity contribution in [3.63, 3.8) is 0 Å². The van der Waals surface area contributed by atoms with Gasteiger partial charge in [0.05, 0.1) is 36.8 Å². The van der Waals surface area contributed by atoms with Gasteiger partial charge in [0.1, 0.15) is 17.1 Å². The summed E-state index contributed by atoms with van der Waals surface area (Å²) in [7, 11) is 1.73. The Hall–Kier alpha value is -3.66. The topological polar surface area (TPSA) is 124 Å². The van der Waals surface area contributed by atoms with Crippen LogP contribution in [0.3, 0.4) is 0 Å². The third-order valence-electron chi connectivity index (χ3n) is 5.12. The molecule has 3 N–H and O–H groups in total. The van der Waals surface area contributed by atoms with Gasteiger partial charge >= 0.3 is 0 Å². The number of morpholine rings is 1. The Kier molecular flexibility index (Phi) is 8.42. The van der Waals surface area contributed by atoms with Crippen molar-refractivity contribution in [2.45, 2.75) is 27.2 Å². The molecule has 3 heterocycles. The van der Waals surface area contributed by atoms with Crippen LogP contribution in [0.2, 0.25) is 0 Å². The van der Waals surface area contributed by atoms with Crippen LogP contribution in [0.5, 0.6) is 5.75 Å². The van der Waals surface area contributed by atoms with Gasteiger partial charge in [0.2, 0.25) is 0 Å². The Labute approximate surface area is 199 Å². The largest absolute Gasteiger partial charge is 0.493 e. The molecule has 10 nitrogen and oxygen atoms in total. The number of aliphatic imine (C=N–C) groups is 1. The highest BCUT2D eigenvalue weighted by molar-refractivity contribution is 5.83. The van der Waals surface area contributed by atoms with Crippen molar-refractivity contribution in [2.75, 3.05) is 32.9 Å². The van der Waals surface area contributed by atoms with Crippen LogP contribution in [0.1, 0.15) is 26.0 Å². The number of ether oxygens (including phenoxy) is 2. The molecule has 0 radical (unpaired) electrons. The van der Waals surface area contributed by atoms with Gasteiger partial charge in [-0.1, -0.05) is 13.0 Å². The monoisotopic (exact) mass is 467 g/mol. The average Bonchev–Trinajstić information content (AvgIpc) is 3.12. The number of hydrogen-bond acceptors (Lipinski definition) is 6. The van der Waals surface area contributed by atoms with E-state index in [9.17, 15) is 4.79 Å². The number of benzene rings is 1. The van der Waals surface area contributed by atoms with Crippen LogP contribution in [-0.2, 0) is 11.8 Å². The molecule has 0 spiro atoms. The van der Waals surface area contributed by atoms with Crippen molar-refractivity contribution in [3.05, 3.63) is 46.9 Å². The van der Waals surface area contributed by atoms with E-state index in [2.05, 4.69) is 26.6 Å². The van der Waals surface area contributed by atoms with Crippen LogP contribution >= 0.6 is 0 Å². The Balaban J connectivity index is 0.00000103. The van der Waals surface area contributed by atoms with Crippen molar-refractivity contribution in [1.29, 1.82) is 0 Å². The molecule has 4 rings (SSSR count). The van der Waals surface area contributed by atoms with Gasteiger partial charge in [-0.2, -0.15) is 5.10 Å². The van der Waals surface area contributed by atoms with Gasteiger partial charge in [-0.05, 0) is 38.5 Å². The van der Waals surface area contributed by atoms with Gasteiger partial charge in [0.25, 0.3) is 5.56 Å². The molecule has 1 aromatic carbocycles. The molecule has 0 atom stereocenters. The second-order valence-electron chi connectivity index (χ2n) is 7.83. The molecule has 0 unspecified atom stereocenters. The van der Waals surface area contributed by atoms with E-state index in [0.717, 1.165) is 6.42 Å². The summed E-state index contributed by atoms with van der Waals surface area (Å²) in [5, 5.41) is 4.32. The number of nitrogens with one attached hydrogen (secondary N) is 1. The number of aromatic nitrogens is 4. The zero-order chi connectivity index (χ0) is 24.7. The van der Waals surface area contributed by atoms with Gasteiger partial charge in [-0.15, -0.1) is 6.58 Å². The predicted octanol–water partition coefficient (Wildman–Crippen LogP) is 2.89. The number of guanidine groups is 1. The smallest absolute Gasteiger partial charge is 0.277 e. The highest BCUT2D eigenvalue weighted by Gasteiger charge is 2.17. The highest BCUT2D eigenvalue weighted by Crippen LogP contribution is 2.32. The number of hydrogen-bond donors (Lipinski definition) is 2. The Bertz CT molecular complexity index is 1220. The Morgan fingerprint density at radius 3 is 2.76 bits per heavy atom. The van der Waals surface area contributed by atoms with E-state index < -0.39 is 0 Å². The van der Waals surface area contributed by atoms with Gasteiger partial charge in [-0.3, -0.25) is 9.48 Å². The van der Waals surface area contributed by atoms with E-state index in [0.29, 0.717) is 78.4 Å². The lowest BCUT2D eigenvalue weighted by molar-refractivity contribution is 0.0675. The molecule has 1 aliphatic heterocycles. The number of nitrogens with zero attached hydrogens (tertiary/aromatic N) is 5. The summed E-state index contributed by atoms with van der Waals surface area (Å²) in [6, 6.07) is 5.50. The van der Waals surface area contributed by atoms with Crippen LogP contribution in [-0.4, -0.2) is 63.5 Å². The normalized spacial score (nSPS) is 14.0. The summed E-state index contributed by atoms with van der Waals surface area (Å²) in [6.45, 7) is 12.3. The molecule has 0 aliphatic carbocycles. The van der Waals surface area contributed by atoms with Crippen LogP contribution in [0.4, 0.5) is 5.69 Å². The summed E-state index contributed by atoms with van der Waals surface area (Å²) >= 11 is 0. The van der Waals surface area contributed by atoms with Gasteiger partial charge in [0.15, 0.2) is 11.5 Å². The minimum absolute atomic E-state index is 0.258. The average molecular weight is 468 g/mol. The van der Waals surface area contributed by atoms with Crippen molar-refractivity contribution in [2.24, 2.45) is 17.8 Å². The molecule has 3 aromatic rings. The zero-order valence-electron chi connectivity index (χ0n) is 20.3. The fraction of sp³-hybridized carbons (Fsp3) is 0.417. The first-order chi connectivity index (χ1) is 16.4. The van der Waals surface area contributed by atoms with E-state index in [4.69, 9.17) is 15.2 Å². The lowest BCUT2D eigenvalue weighted by atomic mass is 10.1. The number of aromatic amines is 1. The molecule has 2 aromatic heterocycles. The molecule has 0 saturated carbocycles. The first-order valence-electron chi connectivity index (χ1n) is 11.3. The van der Waals surface area contributed by atoms with Crippen LogP contribution in [0.15, 0.2) is 40.6 Å². The number of H-pyrrole nitrogens is 1. The van der Waals surface area contributed by atoms with Crippen molar-refractivity contribution in [1.82, 2.24) is 24.6 Å². The maximum absolute atomic E-state index is 12.7. The minimum atomic E-state index is -0.258. The second-order valence-corrected chi connectivity index (χ2v) is 7.83. The minimum Gasteiger partial charge on any atom is -0.493 e. The molecule has 10 heteroatoms. The zero-order valence-corrected chi connectivity index (χ0v) is 20.3. The Morgan fingerprint density at radius 1 is 1.38 bits per heavy atom. The molecule has 1 saturated heterocycles. The number of allylic oxidation sites excluding steroid dienone is 1. The first kappa shape index (κ1) is 25.0. The summed E-state index contributed by atoms with van der Waals surface area (Å²) in [5.74, 6) is 1.45. The maximum Gasteiger partial charge on any atom is 0.277 e. The summed E-state index contributed by atoms with van der Waals surface area (Å²) < 4.78 is 12.8. The third kappa shape index (κ3) is 5.63. The summed E-state index contributed by atoms with van der Waals surface area (Å²) in [4.78, 5) is 26.8. The van der Waals surface area contributed by atoms with Crippen molar-refractivity contribution in [3.8, 4) is 17.1 Å². The van der Waals surface area contributed by atoms with Crippen molar-refractivity contribution < 1.29 is 9.47 Å². The maximum atomic E-state index is 12.7. The van der Waals surface area contributed by atoms with E-state index in [1.165, 1.54) is 0 Å². The Morgan fingerprint density at radius 2 is 2.09 bits per heavy atom. The lowest BCUT2D eigenvalue weighted by Gasteiger charge is -2.27. The van der Waals surface area contributed by atoms with Gasteiger partial charge < -0.3 is 25.1 Å². The van der Waals surface area contributed by atoms with E-state index in [-0.39, 0.29) is 5.56 Å². The van der Waals surface area contributed by atoms with Gasteiger partial charge in [0, 0.05) is 20.1 Å². The van der Waals surface area contributed by atoms with E-state index in [1.54, 1.807) is 17.8 Å². The molecule has 34 heavy (non-hydrogen) atoms. The molecule has 1 fully saturated rings. The van der Waals surface area contributed by atoms with Crippen LogP contribution in [0, 0.1) is 6.92 Å². The summed E-state index contributed by atoms with van der Waals surface area (Å²) in [5.41, 5.74) is 8.93. The third-order valence-corrected chi connectivity index (χ3v) is 5.12. The number of nitrogens with two attached hydrogens (primary N) is 1. The van der Waals surface area contributed by atoms with Crippen molar-refractivity contribution >= 4 is 22.7 Å². The summed E-state index contributed by atoms with van der Waals surface area (Å²) in [6.07, 6.45) is 2.61. The van der Waals surface area contributed by atoms with Gasteiger partial charge in [-0.25, -0.2) is 9.98 Å². The molecule has 0 bridgehead atoms. The van der Waals surface area contributed by atoms with E-state index >= 15 is 0 Å². The fourth-order valence-corrected chi connectivity index (χ4v) is 3.58. The molecular weight excluding hydrogens is 434 g/mol. The quantitative estimate of drug-likeness (QED) is 0.336. The molecule has 182 valence electrons. The number of aryl methyl sites for hydroxylation is 2. The fourth-order valence-electron chi connectivity index (χ4n) is 3.58. The molecular formula is C24H33N7O3. The van der Waals surface area contributed by atoms with Crippen LogP contribution < -0.4 is 16.0 Å². The first-order valence-corrected chi connectivity index (χ1v) is 11.3. The SMILES string of the molecule is C=CC.CCCOc1ccc(N=C(N)N2CCOCC2)cc1-c1nc2c(C)nn(C)c2c(=O)[nH]1. The van der Waals surface area contributed by atoms with E-state index in [1.807, 2.05) is 43.9 Å². The lowest BCUT2D eigenvalue weighted by Crippen LogP contribution is -2.44. The second kappa shape index (κ2) is 11.5.